The number of carbonyl (C=O) groups is 2. The van der Waals surface area contributed by atoms with Crippen LogP contribution < -0.4 is 0 Å². The highest BCUT2D eigenvalue weighted by Crippen LogP contribution is 2.37. The first-order valence-corrected chi connectivity index (χ1v) is 7.21. The molecule has 0 aliphatic rings. The molecule has 0 unspecified atom stereocenters. The van der Waals surface area contributed by atoms with Crippen molar-refractivity contribution in [2.24, 2.45) is 5.41 Å². The molecule has 128 valence electrons. The average Bonchev–Trinajstić information content (AvgIpc) is 2.33. The lowest BCUT2D eigenvalue weighted by molar-refractivity contribution is -0.380. The number of rotatable bonds is 7. The molecule has 0 radical (unpaired) electrons. The van der Waals surface area contributed by atoms with Crippen LogP contribution in [0.15, 0.2) is 12.2 Å². The first kappa shape index (κ1) is 20.4. The molecule has 0 atom stereocenters. The van der Waals surface area contributed by atoms with Crippen molar-refractivity contribution >= 4 is 12.1 Å². The second-order valence-electron chi connectivity index (χ2n) is 6.84. The maximum absolute atomic E-state index is 11.9. The number of hydrogen-bond donors (Lipinski definition) is 0. The molecule has 0 fully saturated rings. The second kappa shape index (κ2) is 7.13. The summed E-state index contributed by atoms with van der Waals surface area (Å²) in [7, 11) is 0. The SMILES string of the molecule is C=C(C)C(=O)OOC(C)(C)OC(=O)OC(C)(C)C(C)(C)CC. The highest BCUT2D eigenvalue weighted by molar-refractivity contribution is 5.86. The van der Waals surface area contributed by atoms with E-state index in [-0.39, 0.29) is 11.0 Å². The maximum Gasteiger partial charge on any atom is 0.511 e. The minimum Gasteiger partial charge on any atom is -0.428 e. The third-order valence-electron chi connectivity index (χ3n) is 3.85. The average molecular weight is 316 g/mol. The van der Waals surface area contributed by atoms with Gasteiger partial charge in [-0.2, -0.15) is 0 Å². The van der Waals surface area contributed by atoms with Crippen molar-refractivity contribution in [3.8, 4) is 0 Å². The molecule has 0 aliphatic carbocycles. The van der Waals surface area contributed by atoms with Crippen LogP contribution in [0.25, 0.3) is 0 Å². The van der Waals surface area contributed by atoms with E-state index < -0.39 is 23.5 Å². The van der Waals surface area contributed by atoms with Crippen molar-refractivity contribution in [2.45, 2.75) is 73.2 Å². The molecule has 0 N–H and O–H groups in total. The van der Waals surface area contributed by atoms with Gasteiger partial charge in [-0.05, 0) is 27.2 Å². The summed E-state index contributed by atoms with van der Waals surface area (Å²) in [6, 6.07) is 0. The third kappa shape index (κ3) is 6.05. The molecule has 0 heterocycles. The van der Waals surface area contributed by atoms with Crippen LogP contribution in [0, 0.1) is 5.41 Å². The highest BCUT2D eigenvalue weighted by atomic mass is 17.2. The first-order chi connectivity index (χ1) is 9.74. The largest absolute Gasteiger partial charge is 0.511 e. The molecule has 0 amide bonds. The molecule has 0 bridgehead atoms. The van der Waals surface area contributed by atoms with E-state index in [0.717, 1.165) is 6.42 Å². The minimum absolute atomic E-state index is 0.171. The smallest absolute Gasteiger partial charge is 0.428 e. The Balaban J connectivity index is 4.64. The van der Waals surface area contributed by atoms with E-state index in [4.69, 9.17) is 14.4 Å². The lowest BCUT2D eigenvalue weighted by Gasteiger charge is -2.40. The molecular formula is C16H28O6. The molecule has 0 aromatic heterocycles. The van der Waals surface area contributed by atoms with Crippen LogP contribution in [0.2, 0.25) is 0 Å². The molecule has 0 saturated heterocycles. The summed E-state index contributed by atoms with van der Waals surface area (Å²) in [6.45, 7) is 17.4. The van der Waals surface area contributed by atoms with E-state index in [2.05, 4.69) is 11.5 Å². The van der Waals surface area contributed by atoms with Crippen LogP contribution in [0.1, 0.15) is 61.8 Å². The molecule has 0 aromatic carbocycles. The Morgan fingerprint density at radius 1 is 1.00 bits per heavy atom. The Hall–Kier alpha value is -1.56. The van der Waals surface area contributed by atoms with Crippen molar-refractivity contribution in [2.75, 3.05) is 0 Å². The molecule has 6 heteroatoms. The zero-order valence-electron chi connectivity index (χ0n) is 14.9. The van der Waals surface area contributed by atoms with Gasteiger partial charge in [-0.3, -0.25) is 4.89 Å². The summed E-state index contributed by atoms with van der Waals surface area (Å²) in [5, 5.41) is 0. The monoisotopic (exact) mass is 316 g/mol. The molecule has 0 aromatic rings. The zero-order valence-corrected chi connectivity index (χ0v) is 14.9. The standard InChI is InChI=1S/C16H28O6/c1-10-14(4,5)15(6,7)19-13(18)20-16(8,9)22-21-12(17)11(2)3/h2,10H2,1,3-9H3. The van der Waals surface area contributed by atoms with E-state index in [1.165, 1.54) is 20.8 Å². The van der Waals surface area contributed by atoms with Crippen molar-refractivity contribution in [1.82, 2.24) is 0 Å². The molecule has 0 aliphatic heterocycles. The Kier molecular flexibility index (Phi) is 6.63. The summed E-state index contributed by atoms with van der Waals surface area (Å²) in [4.78, 5) is 32.5. The van der Waals surface area contributed by atoms with E-state index in [1.54, 1.807) is 0 Å². The molecule has 6 nitrogen and oxygen atoms in total. The van der Waals surface area contributed by atoms with E-state index in [0.29, 0.717) is 0 Å². The minimum atomic E-state index is -1.48. The van der Waals surface area contributed by atoms with E-state index in [1.807, 2.05) is 34.6 Å². The predicted octanol–water partition coefficient (Wildman–Crippen LogP) is 4.14. The fourth-order valence-corrected chi connectivity index (χ4v) is 1.22. The van der Waals surface area contributed by atoms with Gasteiger partial charge in [0.25, 0.3) is 5.79 Å². The predicted molar refractivity (Wildman–Crippen MR) is 81.8 cm³/mol. The van der Waals surface area contributed by atoms with Gasteiger partial charge < -0.3 is 9.47 Å². The summed E-state index contributed by atoms with van der Waals surface area (Å²) in [5.74, 6) is -2.22. The lowest BCUT2D eigenvalue weighted by Crippen LogP contribution is -2.44. The fraction of sp³-hybridized carbons (Fsp3) is 0.750. The number of ether oxygens (including phenoxy) is 2. The highest BCUT2D eigenvalue weighted by Gasteiger charge is 2.41. The quantitative estimate of drug-likeness (QED) is 0.231. The molecule has 0 rings (SSSR count). The Morgan fingerprint density at radius 2 is 1.50 bits per heavy atom. The van der Waals surface area contributed by atoms with Gasteiger partial charge in [0.05, 0.1) is 0 Å². The number of carbonyl (C=O) groups excluding carboxylic acids is 2. The molecule has 22 heavy (non-hydrogen) atoms. The van der Waals surface area contributed by atoms with Crippen molar-refractivity contribution in [3.05, 3.63) is 12.2 Å². The Bertz CT molecular complexity index is 434. The van der Waals surface area contributed by atoms with Gasteiger partial charge >= 0.3 is 12.1 Å². The maximum atomic E-state index is 11.9. The Labute approximate surface area is 132 Å². The number of hydrogen-bond acceptors (Lipinski definition) is 6. The van der Waals surface area contributed by atoms with Crippen LogP contribution in [-0.2, 0) is 24.0 Å². The van der Waals surface area contributed by atoms with Gasteiger partial charge in [-0.1, -0.05) is 27.4 Å². The van der Waals surface area contributed by atoms with Crippen molar-refractivity contribution in [1.29, 1.82) is 0 Å². The van der Waals surface area contributed by atoms with Crippen molar-refractivity contribution in [3.63, 3.8) is 0 Å². The lowest BCUT2D eigenvalue weighted by atomic mass is 9.75. The second-order valence-corrected chi connectivity index (χ2v) is 6.84. The Morgan fingerprint density at radius 3 is 1.91 bits per heavy atom. The molecular weight excluding hydrogens is 288 g/mol. The van der Waals surface area contributed by atoms with Gasteiger partial charge in [-0.15, -0.1) is 4.89 Å². The fourth-order valence-electron chi connectivity index (χ4n) is 1.22. The van der Waals surface area contributed by atoms with E-state index in [9.17, 15) is 9.59 Å². The summed E-state index contributed by atoms with van der Waals surface area (Å²) < 4.78 is 10.4. The van der Waals surface area contributed by atoms with Gasteiger partial charge in [-0.25, -0.2) is 9.59 Å². The zero-order chi connectivity index (χ0) is 17.8. The van der Waals surface area contributed by atoms with Gasteiger partial charge in [0, 0.05) is 24.8 Å². The normalized spacial score (nSPS) is 12.5. The topological polar surface area (TPSA) is 71.1 Å². The summed E-state index contributed by atoms with van der Waals surface area (Å²) in [5.41, 5.74) is -0.795. The van der Waals surface area contributed by atoms with Gasteiger partial charge in [0.15, 0.2) is 0 Å². The summed E-state index contributed by atoms with van der Waals surface area (Å²) in [6.07, 6.45) is -0.0773. The van der Waals surface area contributed by atoms with E-state index >= 15 is 0 Å². The van der Waals surface area contributed by atoms with Crippen LogP contribution >= 0.6 is 0 Å². The van der Waals surface area contributed by atoms with Crippen LogP contribution in [0.5, 0.6) is 0 Å². The van der Waals surface area contributed by atoms with Crippen LogP contribution in [0.4, 0.5) is 4.79 Å². The molecule has 0 spiro atoms. The van der Waals surface area contributed by atoms with Crippen LogP contribution in [-0.4, -0.2) is 23.5 Å². The van der Waals surface area contributed by atoms with Gasteiger partial charge in [0.1, 0.15) is 5.60 Å². The summed E-state index contributed by atoms with van der Waals surface area (Å²) >= 11 is 0. The third-order valence-corrected chi connectivity index (χ3v) is 3.85. The van der Waals surface area contributed by atoms with Crippen molar-refractivity contribution < 1.29 is 28.8 Å². The van der Waals surface area contributed by atoms with Gasteiger partial charge in [0.2, 0.25) is 0 Å². The molecule has 0 saturated carbocycles. The van der Waals surface area contributed by atoms with Crippen LogP contribution in [0.3, 0.4) is 0 Å². The first-order valence-electron chi connectivity index (χ1n) is 7.21.